The van der Waals surface area contributed by atoms with Gasteiger partial charge in [-0.15, -0.1) is 0 Å². The van der Waals surface area contributed by atoms with Crippen molar-refractivity contribution in [1.82, 2.24) is 4.98 Å². The summed E-state index contributed by atoms with van der Waals surface area (Å²) in [5.74, 6) is 0.135. The standard InChI is InChI=1S/C9H8ClN3O4S/c10-8-3-7(13(14)15)4-11-9(8)12-6-1-2-18(16,17)5-6/h1-4,6H,5H2,(H,11,12). The smallest absolute Gasteiger partial charge is 0.289 e. The average molecular weight is 290 g/mol. The van der Waals surface area contributed by atoms with Gasteiger partial charge in [0.2, 0.25) is 0 Å². The Morgan fingerprint density at radius 1 is 1.56 bits per heavy atom. The van der Waals surface area contributed by atoms with E-state index in [9.17, 15) is 18.5 Å². The number of nitrogens with one attached hydrogen (secondary N) is 1. The van der Waals surface area contributed by atoms with E-state index in [1.807, 2.05) is 0 Å². The van der Waals surface area contributed by atoms with Crippen LogP contribution < -0.4 is 5.32 Å². The monoisotopic (exact) mass is 289 g/mol. The lowest BCUT2D eigenvalue weighted by Gasteiger charge is -2.11. The molecule has 1 aliphatic rings. The van der Waals surface area contributed by atoms with Crippen LogP contribution in [0, 0.1) is 10.1 Å². The number of rotatable bonds is 3. The molecule has 2 heterocycles. The molecule has 9 heteroatoms. The third kappa shape index (κ3) is 2.77. The highest BCUT2D eigenvalue weighted by Gasteiger charge is 2.22. The maximum absolute atomic E-state index is 11.2. The Morgan fingerprint density at radius 3 is 2.78 bits per heavy atom. The Bertz CT molecular complexity index is 629. The molecule has 0 radical (unpaired) electrons. The van der Waals surface area contributed by atoms with Gasteiger partial charge in [0.25, 0.3) is 5.69 Å². The zero-order chi connectivity index (χ0) is 13.3. The molecule has 1 aliphatic heterocycles. The van der Waals surface area contributed by atoms with E-state index in [0.29, 0.717) is 0 Å². The van der Waals surface area contributed by atoms with Crippen molar-refractivity contribution in [3.8, 4) is 0 Å². The lowest BCUT2D eigenvalue weighted by Crippen LogP contribution is -2.21. The lowest BCUT2D eigenvalue weighted by molar-refractivity contribution is -0.385. The molecule has 0 amide bonds. The van der Waals surface area contributed by atoms with Crippen LogP contribution in [0.15, 0.2) is 23.7 Å². The second kappa shape index (κ2) is 4.54. The van der Waals surface area contributed by atoms with E-state index in [-0.39, 0.29) is 22.3 Å². The van der Waals surface area contributed by atoms with E-state index in [4.69, 9.17) is 11.6 Å². The van der Waals surface area contributed by atoms with Crippen molar-refractivity contribution in [2.24, 2.45) is 0 Å². The first-order valence-corrected chi connectivity index (χ1v) is 6.94. The number of halogens is 1. The molecule has 0 saturated carbocycles. The molecule has 1 aromatic rings. The zero-order valence-corrected chi connectivity index (χ0v) is 10.5. The summed E-state index contributed by atoms with van der Waals surface area (Å²) >= 11 is 5.82. The molecule has 0 fully saturated rings. The molecule has 1 atom stereocenters. The van der Waals surface area contributed by atoms with Crippen LogP contribution in [0.5, 0.6) is 0 Å². The van der Waals surface area contributed by atoms with Crippen LogP contribution in [-0.2, 0) is 9.84 Å². The molecule has 0 aromatic carbocycles. The third-order valence-corrected chi connectivity index (χ3v) is 3.97. The van der Waals surface area contributed by atoms with Gasteiger partial charge in [-0.25, -0.2) is 13.4 Å². The minimum atomic E-state index is -3.17. The Balaban J connectivity index is 2.16. The highest BCUT2D eigenvalue weighted by Crippen LogP contribution is 2.25. The Labute approximate surface area is 108 Å². The molecular weight excluding hydrogens is 282 g/mol. The van der Waals surface area contributed by atoms with Crippen molar-refractivity contribution in [1.29, 1.82) is 0 Å². The first-order chi connectivity index (χ1) is 8.37. The Kier molecular flexibility index (Phi) is 3.22. The molecule has 1 N–H and O–H groups in total. The molecule has 2 rings (SSSR count). The van der Waals surface area contributed by atoms with Gasteiger partial charge in [-0.2, -0.15) is 0 Å². The fraction of sp³-hybridized carbons (Fsp3) is 0.222. The number of aromatic nitrogens is 1. The summed E-state index contributed by atoms with van der Waals surface area (Å²) in [7, 11) is -3.17. The quantitative estimate of drug-likeness (QED) is 0.666. The third-order valence-electron chi connectivity index (χ3n) is 2.29. The number of pyridine rings is 1. The summed E-state index contributed by atoms with van der Waals surface area (Å²) in [6.07, 6.45) is 2.54. The molecule has 0 saturated heterocycles. The van der Waals surface area contributed by atoms with Crippen molar-refractivity contribution >= 4 is 32.9 Å². The summed E-state index contributed by atoms with van der Waals surface area (Å²) < 4.78 is 22.4. The van der Waals surface area contributed by atoms with Crippen molar-refractivity contribution < 1.29 is 13.3 Å². The number of sulfone groups is 1. The predicted molar refractivity (Wildman–Crippen MR) is 66.2 cm³/mol. The molecule has 1 unspecified atom stereocenters. The van der Waals surface area contributed by atoms with Gasteiger partial charge in [0.15, 0.2) is 9.84 Å². The number of nitrogens with zero attached hydrogens (tertiary/aromatic N) is 2. The van der Waals surface area contributed by atoms with Gasteiger partial charge < -0.3 is 5.32 Å². The van der Waals surface area contributed by atoms with Crippen LogP contribution in [0.1, 0.15) is 0 Å². The van der Waals surface area contributed by atoms with E-state index in [2.05, 4.69) is 10.3 Å². The molecule has 1 aromatic heterocycles. The van der Waals surface area contributed by atoms with Gasteiger partial charge in [-0.3, -0.25) is 10.1 Å². The Morgan fingerprint density at radius 2 is 2.28 bits per heavy atom. The summed E-state index contributed by atoms with van der Waals surface area (Å²) in [6, 6.07) is 0.728. The number of hydrogen-bond acceptors (Lipinski definition) is 6. The minimum Gasteiger partial charge on any atom is -0.362 e. The topological polar surface area (TPSA) is 102 Å². The lowest BCUT2D eigenvalue weighted by atomic mass is 10.3. The van der Waals surface area contributed by atoms with Crippen molar-refractivity contribution in [3.05, 3.63) is 38.9 Å². The van der Waals surface area contributed by atoms with E-state index >= 15 is 0 Å². The van der Waals surface area contributed by atoms with Gasteiger partial charge >= 0.3 is 0 Å². The average Bonchev–Trinajstić information content (AvgIpc) is 2.61. The summed E-state index contributed by atoms with van der Waals surface area (Å²) in [5.41, 5.74) is -0.222. The van der Waals surface area contributed by atoms with E-state index in [1.54, 1.807) is 0 Å². The highest BCUT2D eigenvalue weighted by atomic mass is 35.5. The number of anilines is 1. The Hall–Kier alpha value is -1.67. The highest BCUT2D eigenvalue weighted by molar-refractivity contribution is 7.94. The first kappa shape index (κ1) is 12.8. The summed E-state index contributed by atoms with van der Waals surface area (Å²) in [6.45, 7) is 0. The van der Waals surface area contributed by atoms with Crippen LogP contribution in [0.2, 0.25) is 5.02 Å². The molecule has 0 bridgehead atoms. The molecule has 96 valence electrons. The number of hydrogen-bond donors (Lipinski definition) is 1. The molecule has 0 spiro atoms. The summed E-state index contributed by atoms with van der Waals surface area (Å²) in [5, 5.41) is 14.5. The molecular formula is C9H8ClN3O4S. The van der Waals surface area contributed by atoms with Gasteiger partial charge in [-0.1, -0.05) is 11.6 Å². The minimum absolute atomic E-state index is 0.0712. The largest absolute Gasteiger partial charge is 0.362 e. The number of nitro groups is 1. The maximum atomic E-state index is 11.2. The van der Waals surface area contributed by atoms with Crippen molar-refractivity contribution in [2.45, 2.75) is 6.04 Å². The van der Waals surface area contributed by atoms with E-state index < -0.39 is 20.8 Å². The fourth-order valence-electron chi connectivity index (χ4n) is 1.48. The second-order valence-corrected chi connectivity index (χ2v) is 6.03. The maximum Gasteiger partial charge on any atom is 0.289 e. The van der Waals surface area contributed by atoms with Crippen LogP contribution in [0.4, 0.5) is 11.5 Å². The molecule has 0 aliphatic carbocycles. The fourth-order valence-corrected chi connectivity index (χ4v) is 2.93. The van der Waals surface area contributed by atoms with Crippen molar-refractivity contribution in [3.63, 3.8) is 0 Å². The van der Waals surface area contributed by atoms with Gasteiger partial charge in [0.1, 0.15) is 12.0 Å². The van der Waals surface area contributed by atoms with Crippen LogP contribution in [0.3, 0.4) is 0 Å². The van der Waals surface area contributed by atoms with Crippen LogP contribution >= 0.6 is 11.6 Å². The van der Waals surface area contributed by atoms with E-state index in [0.717, 1.165) is 17.7 Å². The molecule has 18 heavy (non-hydrogen) atoms. The second-order valence-electron chi connectivity index (χ2n) is 3.69. The van der Waals surface area contributed by atoms with Gasteiger partial charge in [-0.05, 0) is 6.08 Å². The normalized spacial score (nSPS) is 20.8. The zero-order valence-electron chi connectivity index (χ0n) is 8.91. The van der Waals surface area contributed by atoms with Gasteiger partial charge in [0, 0.05) is 11.5 Å². The van der Waals surface area contributed by atoms with Crippen LogP contribution in [-0.4, -0.2) is 30.1 Å². The SMILES string of the molecule is O=[N+]([O-])c1cnc(NC2C=CS(=O)(=O)C2)c(Cl)c1. The van der Waals surface area contributed by atoms with Gasteiger partial charge in [0.05, 0.1) is 21.7 Å². The van der Waals surface area contributed by atoms with Crippen LogP contribution in [0.25, 0.3) is 0 Å². The van der Waals surface area contributed by atoms with E-state index in [1.165, 1.54) is 6.08 Å². The summed E-state index contributed by atoms with van der Waals surface area (Å²) in [4.78, 5) is 13.7. The van der Waals surface area contributed by atoms with Crippen molar-refractivity contribution in [2.75, 3.05) is 11.1 Å². The predicted octanol–water partition coefficient (Wildman–Crippen LogP) is 1.37. The molecule has 7 nitrogen and oxygen atoms in total. The first-order valence-electron chi connectivity index (χ1n) is 4.85.